The quantitative estimate of drug-likeness (QED) is 0.835. The first-order chi connectivity index (χ1) is 7.82. The van der Waals surface area contributed by atoms with E-state index in [9.17, 15) is 0 Å². The number of aromatic nitrogens is 3. The van der Waals surface area contributed by atoms with E-state index >= 15 is 0 Å². The molecule has 0 radical (unpaired) electrons. The zero-order valence-electron chi connectivity index (χ0n) is 10.3. The lowest BCUT2D eigenvalue weighted by Crippen LogP contribution is -2.29. The highest BCUT2D eigenvalue weighted by molar-refractivity contribution is 6.28. The van der Waals surface area contributed by atoms with Crippen molar-refractivity contribution >= 4 is 17.5 Å². The van der Waals surface area contributed by atoms with Crippen LogP contribution in [0.4, 0.5) is 5.95 Å². The fraction of sp³-hybridized carbons (Fsp3) is 0.545. The molecule has 1 rings (SSSR count). The van der Waals surface area contributed by atoms with E-state index in [1.807, 2.05) is 27.7 Å². The third-order valence-electron chi connectivity index (χ3n) is 1.71. The maximum Gasteiger partial charge on any atom is 0.322 e. The summed E-state index contributed by atoms with van der Waals surface area (Å²) in [6.07, 6.45) is 5.32. The molecule has 1 N–H and O–H groups in total. The van der Waals surface area contributed by atoms with Crippen molar-refractivity contribution in [3.05, 3.63) is 5.28 Å². The first kappa shape index (κ1) is 13.5. The average Bonchev–Trinajstić information content (AvgIpc) is 2.14. The van der Waals surface area contributed by atoms with Gasteiger partial charge in [-0.25, -0.2) is 0 Å². The second-order valence-corrected chi connectivity index (χ2v) is 4.61. The molecule has 0 bridgehead atoms. The molecule has 0 saturated heterocycles. The summed E-state index contributed by atoms with van der Waals surface area (Å²) in [4.78, 5) is 11.9. The van der Waals surface area contributed by atoms with Gasteiger partial charge in [0.15, 0.2) is 0 Å². The molecule has 0 unspecified atom stereocenters. The molecule has 0 atom stereocenters. The SMILES string of the molecule is C#CC(C)(C)Nc1nc(Cl)nc(OC(C)C)n1. The number of halogens is 1. The molecule has 5 nitrogen and oxygen atoms in total. The summed E-state index contributed by atoms with van der Waals surface area (Å²) in [5.41, 5.74) is -0.570. The summed E-state index contributed by atoms with van der Waals surface area (Å²) in [6, 6.07) is 0.176. The third kappa shape index (κ3) is 4.45. The fourth-order valence-electron chi connectivity index (χ4n) is 0.967. The van der Waals surface area contributed by atoms with Gasteiger partial charge in [-0.1, -0.05) is 5.92 Å². The van der Waals surface area contributed by atoms with Crippen LogP contribution in [0.3, 0.4) is 0 Å². The van der Waals surface area contributed by atoms with E-state index in [-0.39, 0.29) is 17.4 Å². The molecular formula is C11H15ClN4O. The van der Waals surface area contributed by atoms with Crippen LogP contribution in [0, 0.1) is 12.3 Å². The minimum Gasteiger partial charge on any atom is -0.461 e. The molecule has 0 aliphatic rings. The van der Waals surface area contributed by atoms with Crippen LogP contribution in [0.15, 0.2) is 0 Å². The molecule has 0 fully saturated rings. The molecule has 1 heterocycles. The molecule has 0 aliphatic carbocycles. The van der Waals surface area contributed by atoms with E-state index in [0.717, 1.165) is 0 Å². The summed E-state index contributed by atoms with van der Waals surface area (Å²) >= 11 is 5.77. The number of anilines is 1. The highest BCUT2D eigenvalue weighted by atomic mass is 35.5. The molecule has 1 aromatic heterocycles. The van der Waals surface area contributed by atoms with Gasteiger partial charge in [-0.2, -0.15) is 15.0 Å². The number of rotatable bonds is 4. The van der Waals surface area contributed by atoms with Crippen LogP contribution in [0.5, 0.6) is 6.01 Å². The maximum absolute atomic E-state index is 5.77. The zero-order chi connectivity index (χ0) is 13.1. The predicted molar refractivity (Wildman–Crippen MR) is 67.1 cm³/mol. The van der Waals surface area contributed by atoms with Gasteiger partial charge < -0.3 is 10.1 Å². The van der Waals surface area contributed by atoms with Crippen molar-refractivity contribution in [3.8, 4) is 18.4 Å². The van der Waals surface area contributed by atoms with Crippen molar-refractivity contribution in [2.45, 2.75) is 39.3 Å². The Bertz CT molecular complexity index is 440. The monoisotopic (exact) mass is 254 g/mol. The number of nitrogens with one attached hydrogen (secondary N) is 1. The van der Waals surface area contributed by atoms with Crippen molar-refractivity contribution in [1.82, 2.24) is 15.0 Å². The number of terminal acetylenes is 1. The van der Waals surface area contributed by atoms with E-state index in [2.05, 4.69) is 26.2 Å². The summed E-state index contributed by atoms with van der Waals surface area (Å²) in [5, 5.41) is 3.02. The predicted octanol–water partition coefficient (Wildman–Crippen LogP) is 2.14. The average molecular weight is 255 g/mol. The van der Waals surface area contributed by atoms with E-state index in [1.165, 1.54) is 0 Å². The molecule has 92 valence electrons. The highest BCUT2D eigenvalue weighted by Crippen LogP contribution is 2.15. The standard InChI is InChI=1S/C11H15ClN4O/c1-6-11(4,5)16-9-13-8(12)14-10(15-9)17-7(2)3/h1,7H,2-5H3,(H,13,14,15,16). The first-order valence-corrected chi connectivity index (χ1v) is 5.54. The zero-order valence-corrected chi connectivity index (χ0v) is 11.0. The third-order valence-corrected chi connectivity index (χ3v) is 1.88. The summed E-state index contributed by atoms with van der Waals surface area (Å²) in [6.45, 7) is 7.40. The lowest BCUT2D eigenvalue weighted by molar-refractivity contribution is 0.222. The first-order valence-electron chi connectivity index (χ1n) is 5.16. The van der Waals surface area contributed by atoms with Crippen LogP contribution >= 0.6 is 11.6 Å². The summed E-state index contributed by atoms with van der Waals surface area (Å²) in [7, 11) is 0. The Morgan fingerprint density at radius 1 is 1.35 bits per heavy atom. The summed E-state index contributed by atoms with van der Waals surface area (Å²) in [5.74, 6) is 2.87. The molecule has 0 saturated carbocycles. The van der Waals surface area contributed by atoms with E-state index < -0.39 is 5.54 Å². The molecule has 17 heavy (non-hydrogen) atoms. The highest BCUT2D eigenvalue weighted by Gasteiger charge is 2.16. The van der Waals surface area contributed by atoms with Gasteiger partial charge >= 0.3 is 6.01 Å². The van der Waals surface area contributed by atoms with Crippen LogP contribution < -0.4 is 10.1 Å². The Kier molecular flexibility index (Phi) is 4.13. The second kappa shape index (κ2) is 5.19. The fourth-order valence-corrected chi connectivity index (χ4v) is 1.12. The van der Waals surface area contributed by atoms with Crippen molar-refractivity contribution < 1.29 is 4.74 Å². The van der Waals surface area contributed by atoms with Gasteiger partial charge in [0.25, 0.3) is 0 Å². The van der Waals surface area contributed by atoms with Crippen LogP contribution in [0.25, 0.3) is 0 Å². The number of ether oxygens (including phenoxy) is 1. The second-order valence-electron chi connectivity index (χ2n) is 4.27. The van der Waals surface area contributed by atoms with Crippen LogP contribution in [0.2, 0.25) is 5.28 Å². The van der Waals surface area contributed by atoms with Crippen LogP contribution in [-0.4, -0.2) is 26.6 Å². The van der Waals surface area contributed by atoms with Crippen LogP contribution in [0.1, 0.15) is 27.7 Å². The maximum atomic E-state index is 5.77. The van der Waals surface area contributed by atoms with E-state index in [0.29, 0.717) is 5.95 Å². The normalized spacial score (nSPS) is 11.1. The molecular weight excluding hydrogens is 240 g/mol. The molecule has 0 aromatic carbocycles. The van der Waals surface area contributed by atoms with Crippen molar-refractivity contribution in [1.29, 1.82) is 0 Å². The van der Waals surface area contributed by atoms with E-state index in [4.69, 9.17) is 22.8 Å². The molecule has 0 amide bonds. The minimum absolute atomic E-state index is 0.0399. The van der Waals surface area contributed by atoms with Gasteiger partial charge in [-0.05, 0) is 39.3 Å². The van der Waals surface area contributed by atoms with Crippen molar-refractivity contribution in [2.75, 3.05) is 5.32 Å². The Morgan fingerprint density at radius 2 is 2.00 bits per heavy atom. The Labute approximate surface area is 106 Å². The summed E-state index contributed by atoms with van der Waals surface area (Å²) < 4.78 is 5.35. The van der Waals surface area contributed by atoms with Gasteiger partial charge in [0.1, 0.15) is 0 Å². The van der Waals surface area contributed by atoms with Gasteiger partial charge in [-0.3, -0.25) is 0 Å². The number of hydrogen-bond donors (Lipinski definition) is 1. The largest absolute Gasteiger partial charge is 0.461 e. The Hall–Kier alpha value is -1.54. The smallest absolute Gasteiger partial charge is 0.322 e. The minimum atomic E-state index is -0.570. The molecule has 6 heteroatoms. The lowest BCUT2D eigenvalue weighted by Gasteiger charge is -2.19. The van der Waals surface area contributed by atoms with Gasteiger partial charge in [0.05, 0.1) is 11.6 Å². The van der Waals surface area contributed by atoms with Gasteiger partial charge in [-0.15, -0.1) is 6.42 Å². The van der Waals surface area contributed by atoms with Gasteiger partial charge in [0.2, 0.25) is 11.2 Å². The lowest BCUT2D eigenvalue weighted by atomic mass is 10.1. The van der Waals surface area contributed by atoms with E-state index in [1.54, 1.807) is 0 Å². The van der Waals surface area contributed by atoms with Gasteiger partial charge in [0, 0.05) is 0 Å². The molecule has 1 aromatic rings. The Balaban J connectivity index is 2.94. The van der Waals surface area contributed by atoms with Crippen molar-refractivity contribution in [3.63, 3.8) is 0 Å². The topological polar surface area (TPSA) is 59.9 Å². The van der Waals surface area contributed by atoms with Crippen molar-refractivity contribution in [2.24, 2.45) is 0 Å². The molecule has 0 aliphatic heterocycles. The molecule has 0 spiro atoms. The number of nitrogens with zero attached hydrogens (tertiary/aromatic N) is 3. The number of hydrogen-bond acceptors (Lipinski definition) is 5. The van der Waals surface area contributed by atoms with Crippen LogP contribution in [-0.2, 0) is 0 Å². The Morgan fingerprint density at radius 3 is 2.53 bits per heavy atom.